The second-order valence-electron chi connectivity index (χ2n) is 4.54. The topological polar surface area (TPSA) is 88.1 Å². The number of rotatable bonds is 7. The van der Waals surface area contributed by atoms with E-state index < -0.39 is 9.84 Å². The Labute approximate surface area is 124 Å². The average molecular weight is 322 g/mol. The highest BCUT2D eigenvalue weighted by Gasteiger charge is 2.14. The van der Waals surface area contributed by atoms with E-state index in [1.807, 2.05) is 18.7 Å². The van der Waals surface area contributed by atoms with Gasteiger partial charge in [0.25, 0.3) is 0 Å². The van der Waals surface area contributed by atoms with Crippen molar-refractivity contribution in [2.45, 2.75) is 26.8 Å². The summed E-state index contributed by atoms with van der Waals surface area (Å²) in [5.74, 6) is 0.754. The van der Waals surface area contributed by atoms with E-state index in [2.05, 4.69) is 20.3 Å². The number of halogens is 1. The predicted octanol–water partition coefficient (Wildman–Crippen LogP) is 1.22. The van der Waals surface area contributed by atoms with E-state index in [-0.39, 0.29) is 23.0 Å². The molecule has 0 spiro atoms. The fourth-order valence-electron chi connectivity index (χ4n) is 1.77. The molecule has 1 unspecified atom stereocenters. The van der Waals surface area contributed by atoms with Crippen molar-refractivity contribution < 1.29 is 8.42 Å². The third-order valence-corrected chi connectivity index (χ3v) is 3.85. The molecule has 0 aliphatic heterocycles. The van der Waals surface area contributed by atoms with Gasteiger partial charge in [0.2, 0.25) is 17.2 Å². The number of nitrogens with one attached hydrogen (secondary N) is 1. The highest BCUT2D eigenvalue weighted by atomic mass is 35.5. The van der Waals surface area contributed by atoms with Crippen LogP contribution >= 0.6 is 11.6 Å². The lowest BCUT2D eigenvalue weighted by Gasteiger charge is -2.19. The average Bonchev–Trinajstić information content (AvgIpc) is 2.26. The first-order chi connectivity index (χ1) is 9.25. The Kier molecular flexibility index (Phi) is 5.94. The van der Waals surface area contributed by atoms with Crippen molar-refractivity contribution in [3.8, 4) is 0 Å². The summed E-state index contributed by atoms with van der Waals surface area (Å²) in [6.07, 6.45) is 1.19. The third kappa shape index (κ3) is 5.46. The summed E-state index contributed by atoms with van der Waals surface area (Å²) in [5.41, 5.74) is 0. The van der Waals surface area contributed by atoms with Crippen LogP contribution in [0.25, 0.3) is 0 Å². The SMILES string of the molecule is CCN(CC)c1nc(Cl)nc(NC(C)CS(C)(=O)=O)n1. The van der Waals surface area contributed by atoms with Gasteiger partial charge >= 0.3 is 0 Å². The summed E-state index contributed by atoms with van der Waals surface area (Å²) in [4.78, 5) is 14.2. The van der Waals surface area contributed by atoms with Gasteiger partial charge in [-0.15, -0.1) is 0 Å². The lowest BCUT2D eigenvalue weighted by atomic mass is 10.4. The molecule has 0 saturated heterocycles. The minimum Gasteiger partial charge on any atom is -0.351 e. The van der Waals surface area contributed by atoms with Crippen molar-refractivity contribution in [1.82, 2.24) is 15.0 Å². The number of sulfone groups is 1. The van der Waals surface area contributed by atoms with E-state index in [1.54, 1.807) is 6.92 Å². The first kappa shape index (κ1) is 16.9. The number of aromatic nitrogens is 3. The molecule has 7 nitrogen and oxygen atoms in total. The van der Waals surface area contributed by atoms with Gasteiger partial charge in [-0.2, -0.15) is 15.0 Å². The molecule has 0 aliphatic rings. The smallest absolute Gasteiger partial charge is 0.231 e. The Morgan fingerprint density at radius 3 is 2.35 bits per heavy atom. The zero-order valence-corrected chi connectivity index (χ0v) is 13.7. The third-order valence-electron chi connectivity index (χ3n) is 2.57. The predicted molar refractivity (Wildman–Crippen MR) is 81.2 cm³/mol. The van der Waals surface area contributed by atoms with Gasteiger partial charge in [0, 0.05) is 25.4 Å². The molecule has 0 bridgehead atoms. The normalized spacial score (nSPS) is 13.1. The van der Waals surface area contributed by atoms with Gasteiger partial charge in [-0.25, -0.2) is 8.42 Å². The minimum absolute atomic E-state index is 0.00307. The zero-order chi connectivity index (χ0) is 15.3. The summed E-state index contributed by atoms with van der Waals surface area (Å²) in [7, 11) is -3.07. The van der Waals surface area contributed by atoms with Gasteiger partial charge in [0.05, 0.1) is 5.75 Å². The van der Waals surface area contributed by atoms with E-state index in [9.17, 15) is 8.42 Å². The van der Waals surface area contributed by atoms with Crippen LogP contribution in [0.15, 0.2) is 0 Å². The molecule has 0 radical (unpaired) electrons. The standard InChI is InChI=1S/C11H20ClN5O2S/c1-5-17(6-2)11-15-9(12)14-10(16-11)13-8(3)7-20(4,18)19/h8H,5-7H2,1-4H3,(H,13,14,15,16). The second-order valence-corrected chi connectivity index (χ2v) is 7.06. The summed E-state index contributed by atoms with van der Waals surface area (Å²) < 4.78 is 22.5. The van der Waals surface area contributed by atoms with Crippen molar-refractivity contribution >= 4 is 33.3 Å². The van der Waals surface area contributed by atoms with Crippen molar-refractivity contribution in [2.24, 2.45) is 0 Å². The van der Waals surface area contributed by atoms with E-state index in [0.29, 0.717) is 5.95 Å². The van der Waals surface area contributed by atoms with Crippen LogP contribution in [-0.4, -0.2) is 54.5 Å². The fraction of sp³-hybridized carbons (Fsp3) is 0.727. The summed E-state index contributed by atoms with van der Waals surface area (Å²) >= 11 is 5.88. The van der Waals surface area contributed by atoms with Crippen LogP contribution in [-0.2, 0) is 9.84 Å². The van der Waals surface area contributed by atoms with Crippen LogP contribution in [0.3, 0.4) is 0 Å². The molecule has 9 heteroatoms. The molecule has 1 aromatic heterocycles. The van der Waals surface area contributed by atoms with Gasteiger partial charge in [0.15, 0.2) is 0 Å². The molecule has 114 valence electrons. The molecule has 1 rings (SSSR count). The molecule has 0 amide bonds. The summed E-state index contributed by atoms with van der Waals surface area (Å²) in [6.45, 7) is 7.21. The van der Waals surface area contributed by atoms with Crippen LogP contribution in [0.5, 0.6) is 0 Å². The fourth-order valence-corrected chi connectivity index (χ4v) is 2.92. The Morgan fingerprint density at radius 1 is 1.25 bits per heavy atom. The van der Waals surface area contributed by atoms with Gasteiger partial charge in [0.1, 0.15) is 9.84 Å². The van der Waals surface area contributed by atoms with Crippen LogP contribution < -0.4 is 10.2 Å². The molecule has 20 heavy (non-hydrogen) atoms. The molecule has 1 heterocycles. The van der Waals surface area contributed by atoms with Crippen molar-refractivity contribution in [3.05, 3.63) is 5.28 Å². The van der Waals surface area contributed by atoms with Gasteiger partial charge in [-0.05, 0) is 32.4 Å². The lowest BCUT2D eigenvalue weighted by molar-refractivity contribution is 0.597. The van der Waals surface area contributed by atoms with Crippen molar-refractivity contribution in [1.29, 1.82) is 0 Å². The summed E-state index contributed by atoms with van der Waals surface area (Å²) in [6, 6.07) is -0.312. The number of nitrogens with zero attached hydrogens (tertiary/aromatic N) is 4. The quantitative estimate of drug-likeness (QED) is 0.807. The second kappa shape index (κ2) is 7.03. The Balaban J connectivity index is 2.90. The molecule has 0 saturated carbocycles. The van der Waals surface area contributed by atoms with Crippen LogP contribution in [0.2, 0.25) is 5.28 Å². The zero-order valence-electron chi connectivity index (χ0n) is 12.1. The molecule has 0 fully saturated rings. The largest absolute Gasteiger partial charge is 0.351 e. The number of anilines is 2. The van der Waals surface area contributed by atoms with E-state index in [1.165, 1.54) is 6.26 Å². The highest BCUT2D eigenvalue weighted by Crippen LogP contribution is 2.14. The molecule has 1 aromatic rings. The maximum Gasteiger partial charge on any atom is 0.231 e. The van der Waals surface area contributed by atoms with Crippen LogP contribution in [0, 0.1) is 0 Å². The van der Waals surface area contributed by atoms with Gasteiger partial charge in [-0.3, -0.25) is 0 Å². The molecule has 0 aliphatic carbocycles. The number of hydrogen-bond donors (Lipinski definition) is 1. The maximum absolute atomic E-state index is 11.2. The van der Waals surface area contributed by atoms with Gasteiger partial charge in [-0.1, -0.05) is 0 Å². The molecule has 1 N–H and O–H groups in total. The lowest BCUT2D eigenvalue weighted by Crippen LogP contribution is -2.28. The van der Waals surface area contributed by atoms with Crippen molar-refractivity contribution in [2.75, 3.05) is 35.3 Å². The first-order valence-corrected chi connectivity index (χ1v) is 8.79. The Bertz CT molecular complexity index is 548. The highest BCUT2D eigenvalue weighted by molar-refractivity contribution is 7.90. The monoisotopic (exact) mass is 321 g/mol. The van der Waals surface area contributed by atoms with Gasteiger partial charge < -0.3 is 10.2 Å². The van der Waals surface area contributed by atoms with Crippen LogP contribution in [0.1, 0.15) is 20.8 Å². The number of hydrogen-bond acceptors (Lipinski definition) is 7. The molecule has 0 aromatic carbocycles. The van der Waals surface area contributed by atoms with Crippen molar-refractivity contribution in [3.63, 3.8) is 0 Å². The van der Waals surface area contributed by atoms with E-state index in [4.69, 9.17) is 11.6 Å². The summed E-state index contributed by atoms with van der Waals surface area (Å²) in [5, 5.41) is 3.01. The minimum atomic E-state index is -3.07. The molecular weight excluding hydrogens is 302 g/mol. The Morgan fingerprint density at radius 2 is 1.85 bits per heavy atom. The molecular formula is C11H20ClN5O2S. The Hall–Kier alpha value is -1.15. The maximum atomic E-state index is 11.2. The van der Waals surface area contributed by atoms with E-state index >= 15 is 0 Å². The molecule has 1 atom stereocenters. The van der Waals surface area contributed by atoms with Crippen LogP contribution in [0.4, 0.5) is 11.9 Å². The van der Waals surface area contributed by atoms with E-state index in [0.717, 1.165) is 13.1 Å². The first-order valence-electron chi connectivity index (χ1n) is 6.36.